The Kier molecular flexibility index (Phi) is 5.70. The van der Waals surface area contributed by atoms with Crippen LogP contribution in [-0.2, 0) is 0 Å². The fraction of sp³-hybridized carbons (Fsp3) is 0. The fourth-order valence-corrected chi connectivity index (χ4v) is 3.74. The first kappa shape index (κ1) is 20.7. The molecule has 0 atom stereocenters. The molecule has 6 heteroatoms. The molecule has 0 aliphatic rings. The number of carbonyl (C=O) groups excluding carboxylic acids is 1. The molecule has 1 heterocycles. The lowest BCUT2D eigenvalue weighted by Gasteiger charge is -2.11. The Labute approximate surface area is 196 Å². The number of carbonyl (C=O) groups is 1. The van der Waals surface area contributed by atoms with Gasteiger partial charge < -0.3 is 10.6 Å². The number of benzene rings is 4. The number of halogens is 1. The largest absolute Gasteiger partial charge is 0.324 e. The van der Waals surface area contributed by atoms with Gasteiger partial charge >= 0.3 is 0 Å². The molecule has 33 heavy (non-hydrogen) atoms. The summed E-state index contributed by atoms with van der Waals surface area (Å²) in [6.45, 7) is 0. The zero-order chi connectivity index (χ0) is 22.6. The van der Waals surface area contributed by atoms with Crippen LogP contribution in [0.3, 0.4) is 0 Å². The number of rotatable bonds is 5. The summed E-state index contributed by atoms with van der Waals surface area (Å²) in [5, 5.41) is 7.66. The van der Waals surface area contributed by atoms with Gasteiger partial charge in [-0.2, -0.15) is 0 Å². The van der Waals surface area contributed by atoms with Crippen LogP contribution in [0.25, 0.3) is 22.2 Å². The quantitative estimate of drug-likeness (QED) is 0.304. The van der Waals surface area contributed by atoms with Crippen molar-refractivity contribution in [2.24, 2.45) is 0 Å². The topological polar surface area (TPSA) is 66.9 Å². The SMILES string of the molecule is O=C(Nc1cccc(Cl)c1)c1ccc(Nc2nc(-c3ccccc3)c3ccccc3n2)cc1. The van der Waals surface area contributed by atoms with Gasteiger partial charge in [0.25, 0.3) is 5.91 Å². The summed E-state index contributed by atoms with van der Waals surface area (Å²) in [6.07, 6.45) is 0. The van der Waals surface area contributed by atoms with Crippen LogP contribution in [0, 0.1) is 0 Å². The minimum Gasteiger partial charge on any atom is -0.324 e. The van der Waals surface area contributed by atoms with Gasteiger partial charge in [0.15, 0.2) is 0 Å². The number of fused-ring (bicyclic) bond motifs is 1. The molecular weight excluding hydrogens is 432 g/mol. The Bertz CT molecular complexity index is 1440. The second kappa shape index (κ2) is 9.10. The lowest BCUT2D eigenvalue weighted by molar-refractivity contribution is 0.102. The molecule has 0 spiro atoms. The molecule has 5 nitrogen and oxygen atoms in total. The van der Waals surface area contributed by atoms with Gasteiger partial charge in [0.05, 0.1) is 11.2 Å². The lowest BCUT2D eigenvalue weighted by atomic mass is 10.1. The third kappa shape index (κ3) is 4.68. The number of anilines is 3. The number of nitrogens with one attached hydrogen (secondary N) is 2. The summed E-state index contributed by atoms with van der Waals surface area (Å²) in [4.78, 5) is 22.0. The summed E-state index contributed by atoms with van der Waals surface area (Å²) in [5.74, 6) is 0.279. The smallest absolute Gasteiger partial charge is 0.255 e. The van der Waals surface area contributed by atoms with Crippen molar-refractivity contribution in [2.75, 3.05) is 10.6 Å². The van der Waals surface area contributed by atoms with E-state index >= 15 is 0 Å². The maximum atomic E-state index is 12.5. The minimum atomic E-state index is -0.211. The molecule has 1 amide bonds. The monoisotopic (exact) mass is 450 g/mol. The molecule has 0 saturated carbocycles. The Balaban J connectivity index is 1.39. The summed E-state index contributed by atoms with van der Waals surface area (Å²) in [7, 11) is 0. The second-order valence-corrected chi connectivity index (χ2v) is 7.88. The molecule has 5 aromatic rings. The van der Waals surface area contributed by atoms with E-state index < -0.39 is 0 Å². The van der Waals surface area contributed by atoms with Crippen LogP contribution < -0.4 is 10.6 Å². The highest BCUT2D eigenvalue weighted by molar-refractivity contribution is 6.31. The van der Waals surface area contributed by atoms with Crippen LogP contribution in [0.5, 0.6) is 0 Å². The van der Waals surface area contributed by atoms with Gasteiger partial charge in [0.2, 0.25) is 5.95 Å². The molecule has 4 aromatic carbocycles. The molecule has 1 aromatic heterocycles. The van der Waals surface area contributed by atoms with E-state index in [1.807, 2.05) is 66.7 Å². The van der Waals surface area contributed by atoms with Crippen molar-refractivity contribution >= 4 is 45.7 Å². The number of para-hydroxylation sites is 1. The predicted molar refractivity (Wildman–Crippen MR) is 134 cm³/mol. The number of nitrogens with zero attached hydrogens (tertiary/aromatic N) is 2. The van der Waals surface area contributed by atoms with Crippen molar-refractivity contribution in [1.29, 1.82) is 0 Å². The second-order valence-electron chi connectivity index (χ2n) is 7.45. The van der Waals surface area contributed by atoms with E-state index in [1.54, 1.807) is 36.4 Å². The van der Waals surface area contributed by atoms with Crippen molar-refractivity contribution in [1.82, 2.24) is 9.97 Å². The highest BCUT2D eigenvalue weighted by atomic mass is 35.5. The standard InChI is InChI=1S/C27H19ClN4O/c28-20-9-6-10-22(17-20)29-26(33)19-13-15-21(16-14-19)30-27-31-24-12-5-4-11-23(24)25(32-27)18-7-2-1-3-8-18/h1-17H,(H,29,33)(H,30,31,32). The molecule has 0 fully saturated rings. The van der Waals surface area contributed by atoms with E-state index in [0.717, 1.165) is 27.8 Å². The third-order valence-electron chi connectivity index (χ3n) is 5.14. The number of hydrogen-bond acceptors (Lipinski definition) is 4. The molecule has 0 aliphatic carbocycles. The molecular formula is C27H19ClN4O. The van der Waals surface area contributed by atoms with Crippen LogP contribution >= 0.6 is 11.6 Å². The maximum absolute atomic E-state index is 12.5. The van der Waals surface area contributed by atoms with E-state index in [-0.39, 0.29) is 5.91 Å². The normalized spacial score (nSPS) is 10.7. The fourth-order valence-electron chi connectivity index (χ4n) is 3.55. The van der Waals surface area contributed by atoms with Crippen LogP contribution in [0.1, 0.15) is 10.4 Å². The third-order valence-corrected chi connectivity index (χ3v) is 5.37. The maximum Gasteiger partial charge on any atom is 0.255 e. The zero-order valence-corrected chi connectivity index (χ0v) is 18.3. The van der Waals surface area contributed by atoms with E-state index in [0.29, 0.717) is 22.2 Å². The van der Waals surface area contributed by atoms with Crippen molar-refractivity contribution in [2.45, 2.75) is 0 Å². The number of amides is 1. The van der Waals surface area contributed by atoms with E-state index in [9.17, 15) is 4.79 Å². The van der Waals surface area contributed by atoms with Gasteiger partial charge in [-0.15, -0.1) is 0 Å². The van der Waals surface area contributed by atoms with Gasteiger partial charge in [-0.3, -0.25) is 4.79 Å². The first-order valence-electron chi connectivity index (χ1n) is 10.4. The predicted octanol–water partition coefficient (Wildman–Crippen LogP) is 6.95. The van der Waals surface area contributed by atoms with Crippen LogP contribution in [0.15, 0.2) is 103 Å². The Morgan fingerprint density at radius 2 is 1.48 bits per heavy atom. The van der Waals surface area contributed by atoms with Crippen molar-refractivity contribution in [3.63, 3.8) is 0 Å². The zero-order valence-electron chi connectivity index (χ0n) is 17.5. The van der Waals surface area contributed by atoms with E-state index in [1.165, 1.54) is 0 Å². The highest BCUT2D eigenvalue weighted by Crippen LogP contribution is 2.28. The van der Waals surface area contributed by atoms with E-state index in [2.05, 4.69) is 15.6 Å². The average molecular weight is 451 g/mol. The van der Waals surface area contributed by atoms with Gasteiger partial charge in [0.1, 0.15) is 0 Å². The summed E-state index contributed by atoms with van der Waals surface area (Å²) in [6, 6.07) is 32.2. The van der Waals surface area contributed by atoms with Gasteiger partial charge in [-0.05, 0) is 48.5 Å². The minimum absolute atomic E-state index is 0.211. The molecule has 0 bridgehead atoms. The highest BCUT2D eigenvalue weighted by Gasteiger charge is 2.11. The molecule has 0 aliphatic heterocycles. The van der Waals surface area contributed by atoms with Gasteiger partial charge in [0, 0.05) is 32.9 Å². The van der Waals surface area contributed by atoms with Crippen molar-refractivity contribution < 1.29 is 4.79 Å². The molecule has 160 valence electrons. The molecule has 0 radical (unpaired) electrons. The van der Waals surface area contributed by atoms with Crippen LogP contribution in [0.4, 0.5) is 17.3 Å². The first-order valence-corrected chi connectivity index (χ1v) is 10.8. The number of aromatic nitrogens is 2. The molecule has 0 saturated heterocycles. The van der Waals surface area contributed by atoms with Crippen molar-refractivity contribution in [3.05, 3.63) is 114 Å². The Morgan fingerprint density at radius 3 is 2.27 bits per heavy atom. The van der Waals surface area contributed by atoms with E-state index in [4.69, 9.17) is 16.6 Å². The van der Waals surface area contributed by atoms with Crippen LogP contribution in [-0.4, -0.2) is 15.9 Å². The lowest BCUT2D eigenvalue weighted by Crippen LogP contribution is -2.11. The first-order chi connectivity index (χ1) is 16.2. The summed E-state index contributed by atoms with van der Waals surface area (Å²) < 4.78 is 0. The molecule has 2 N–H and O–H groups in total. The molecule has 5 rings (SSSR count). The molecule has 0 unspecified atom stereocenters. The van der Waals surface area contributed by atoms with Gasteiger partial charge in [-0.1, -0.05) is 66.2 Å². The van der Waals surface area contributed by atoms with Gasteiger partial charge in [-0.25, -0.2) is 9.97 Å². The Hall–Kier alpha value is -4.22. The Morgan fingerprint density at radius 1 is 0.727 bits per heavy atom. The number of hydrogen-bond donors (Lipinski definition) is 2. The average Bonchev–Trinajstić information content (AvgIpc) is 2.84. The van der Waals surface area contributed by atoms with Crippen molar-refractivity contribution in [3.8, 4) is 11.3 Å². The summed E-state index contributed by atoms with van der Waals surface area (Å²) in [5.41, 5.74) is 4.70. The van der Waals surface area contributed by atoms with Crippen LogP contribution in [0.2, 0.25) is 5.02 Å². The summed E-state index contributed by atoms with van der Waals surface area (Å²) >= 11 is 5.99.